The fraction of sp³-hybridized carbons (Fsp3) is 0.455. The van der Waals surface area contributed by atoms with Crippen molar-refractivity contribution in [3.8, 4) is 5.75 Å². The number of aliphatic hydroxyl groups is 1. The van der Waals surface area contributed by atoms with Crippen LogP contribution in [0.4, 0.5) is 5.69 Å². The number of anilines is 1. The maximum Gasteiger partial charge on any atom is 0.244 e. The zero-order valence-corrected chi connectivity index (χ0v) is 11.2. The molecule has 0 radical (unpaired) electrons. The normalized spacial score (nSPS) is 13.3. The Morgan fingerprint density at radius 1 is 1.50 bits per heavy atom. The van der Waals surface area contributed by atoms with Crippen molar-refractivity contribution in [2.45, 2.75) is 24.3 Å². The maximum absolute atomic E-state index is 12.1. The minimum absolute atomic E-state index is 0.0315. The van der Waals surface area contributed by atoms with Crippen LogP contribution in [0.3, 0.4) is 0 Å². The van der Waals surface area contributed by atoms with E-state index in [1.54, 1.807) is 6.92 Å². The van der Waals surface area contributed by atoms with Crippen LogP contribution in [0.2, 0.25) is 0 Å². The van der Waals surface area contributed by atoms with Crippen molar-refractivity contribution in [2.75, 3.05) is 19.5 Å². The Hall–Kier alpha value is -1.31. The summed E-state index contributed by atoms with van der Waals surface area (Å²) >= 11 is 0. The SMILES string of the molecule is COc1cc(N)ccc1S(=O)(=O)NC(C)CCO. The van der Waals surface area contributed by atoms with Crippen molar-refractivity contribution < 1.29 is 18.3 Å². The maximum atomic E-state index is 12.1. The molecule has 0 aliphatic carbocycles. The first-order valence-electron chi connectivity index (χ1n) is 5.47. The number of aliphatic hydroxyl groups excluding tert-OH is 1. The zero-order chi connectivity index (χ0) is 13.8. The van der Waals surface area contributed by atoms with E-state index in [0.717, 1.165) is 0 Å². The van der Waals surface area contributed by atoms with Crippen molar-refractivity contribution in [2.24, 2.45) is 0 Å². The number of nitrogens with two attached hydrogens (primary N) is 1. The Morgan fingerprint density at radius 2 is 2.17 bits per heavy atom. The van der Waals surface area contributed by atoms with Gasteiger partial charge in [-0.25, -0.2) is 13.1 Å². The van der Waals surface area contributed by atoms with Gasteiger partial charge in [-0.3, -0.25) is 0 Å². The standard InChI is InChI=1S/C11H18N2O4S/c1-8(5-6-14)13-18(15,16)11-4-3-9(12)7-10(11)17-2/h3-4,7-8,13-14H,5-6,12H2,1-2H3. The zero-order valence-electron chi connectivity index (χ0n) is 10.4. The van der Waals surface area contributed by atoms with Gasteiger partial charge in [0.05, 0.1) is 7.11 Å². The van der Waals surface area contributed by atoms with E-state index >= 15 is 0 Å². The molecule has 1 rings (SSSR count). The lowest BCUT2D eigenvalue weighted by molar-refractivity contribution is 0.275. The van der Waals surface area contributed by atoms with Gasteiger partial charge in [0.15, 0.2) is 0 Å². The second-order valence-electron chi connectivity index (χ2n) is 3.94. The number of methoxy groups -OCH3 is 1. The summed E-state index contributed by atoms with van der Waals surface area (Å²) < 4.78 is 31.7. The molecule has 1 unspecified atom stereocenters. The summed E-state index contributed by atoms with van der Waals surface area (Å²) in [7, 11) is -2.30. The molecule has 0 spiro atoms. The van der Waals surface area contributed by atoms with Crippen molar-refractivity contribution >= 4 is 15.7 Å². The number of rotatable bonds is 6. The molecule has 7 heteroatoms. The second kappa shape index (κ2) is 6.03. The summed E-state index contributed by atoms with van der Waals surface area (Å²) in [5.41, 5.74) is 5.99. The van der Waals surface area contributed by atoms with Crippen LogP contribution < -0.4 is 15.2 Å². The summed E-state index contributed by atoms with van der Waals surface area (Å²) in [6, 6.07) is 3.98. The molecule has 0 saturated carbocycles. The highest BCUT2D eigenvalue weighted by atomic mass is 32.2. The van der Waals surface area contributed by atoms with Gasteiger partial charge in [0.25, 0.3) is 0 Å². The summed E-state index contributed by atoms with van der Waals surface area (Å²) in [6.45, 7) is 1.60. The first-order chi connectivity index (χ1) is 8.40. The highest BCUT2D eigenvalue weighted by Crippen LogP contribution is 2.26. The number of nitrogen functional groups attached to an aromatic ring is 1. The Labute approximate surface area is 107 Å². The topological polar surface area (TPSA) is 102 Å². The molecule has 1 atom stereocenters. The summed E-state index contributed by atoms with van der Waals surface area (Å²) in [4.78, 5) is 0.0315. The van der Waals surface area contributed by atoms with Crippen LogP contribution in [-0.4, -0.2) is 33.3 Å². The molecule has 4 N–H and O–H groups in total. The average Bonchev–Trinajstić information content (AvgIpc) is 2.27. The van der Waals surface area contributed by atoms with E-state index in [-0.39, 0.29) is 23.3 Å². The lowest BCUT2D eigenvalue weighted by atomic mass is 10.3. The van der Waals surface area contributed by atoms with Gasteiger partial charge in [-0.1, -0.05) is 0 Å². The third-order valence-electron chi connectivity index (χ3n) is 2.40. The Morgan fingerprint density at radius 3 is 2.72 bits per heavy atom. The third-order valence-corrected chi connectivity index (χ3v) is 4.02. The molecule has 1 aromatic carbocycles. The molecule has 6 nitrogen and oxygen atoms in total. The number of sulfonamides is 1. The number of ether oxygens (including phenoxy) is 1. The predicted octanol–water partition coefficient (Wildman–Crippen LogP) is 0.327. The quantitative estimate of drug-likeness (QED) is 0.649. The Balaban J connectivity index is 3.05. The van der Waals surface area contributed by atoms with Crippen LogP contribution in [0.25, 0.3) is 0 Å². The van der Waals surface area contributed by atoms with E-state index in [9.17, 15) is 8.42 Å². The smallest absolute Gasteiger partial charge is 0.244 e. The van der Waals surface area contributed by atoms with Crippen LogP contribution in [0, 0.1) is 0 Å². The van der Waals surface area contributed by atoms with Crippen LogP contribution in [0.5, 0.6) is 5.75 Å². The van der Waals surface area contributed by atoms with Crippen LogP contribution in [-0.2, 0) is 10.0 Å². The minimum atomic E-state index is -3.68. The van der Waals surface area contributed by atoms with E-state index in [4.69, 9.17) is 15.6 Å². The molecule has 0 aliphatic heterocycles. The third kappa shape index (κ3) is 3.59. The molecule has 18 heavy (non-hydrogen) atoms. The Bertz CT molecular complexity index is 502. The van der Waals surface area contributed by atoms with Crippen molar-refractivity contribution in [3.05, 3.63) is 18.2 Å². The number of hydrogen-bond acceptors (Lipinski definition) is 5. The molecule has 0 heterocycles. The molecule has 0 aromatic heterocycles. The highest BCUT2D eigenvalue weighted by Gasteiger charge is 2.21. The second-order valence-corrected chi connectivity index (χ2v) is 5.63. The van der Waals surface area contributed by atoms with Gasteiger partial charge in [-0.15, -0.1) is 0 Å². The molecule has 0 fully saturated rings. The summed E-state index contributed by atoms with van der Waals surface area (Å²) in [5.74, 6) is 0.193. The highest BCUT2D eigenvalue weighted by molar-refractivity contribution is 7.89. The van der Waals surface area contributed by atoms with E-state index in [1.165, 1.54) is 25.3 Å². The Kier molecular flexibility index (Phi) is 4.94. The number of nitrogens with one attached hydrogen (secondary N) is 1. The van der Waals surface area contributed by atoms with Crippen LogP contribution >= 0.6 is 0 Å². The molecule has 1 aromatic rings. The van der Waals surface area contributed by atoms with Gasteiger partial charge in [0.2, 0.25) is 10.0 Å². The minimum Gasteiger partial charge on any atom is -0.495 e. The first kappa shape index (κ1) is 14.7. The fourth-order valence-electron chi connectivity index (χ4n) is 1.49. The lowest BCUT2D eigenvalue weighted by Gasteiger charge is -2.15. The lowest BCUT2D eigenvalue weighted by Crippen LogP contribution is -2.33. The molecular weight excluding hydrogens is 256 g/mol. The van der Waals surface area contributed by atoms with Crippen molar-refractivity contribution in [1.82, 2.24) is 4.72 Å². The molecular formula is C11H18N2O4S. The molecule has 0 aliphatic rings. The van der Waals surface area contributed by atoms with Crippen LogP contribution in [0.15, 0.2) is 23.1 Å². The fourth-order valence-corrected chi connectivity index (χ4v) is 2.92. The van der Waals surface area contributed by atoms with Crippen molar-refractivity contribution in [1.29, 1.82) is 0 Å². The van der Waals surface area contributed by atoms with Gasteiger partial charge in [-0.2, -0.15) is 0 Å². The molecule has 0 amide bonds. The predicted molar refractivity (Wildman–Crippen MR) is 68.9 cm³/mol. The van der Waals surface area contributed by atoms with Crippen molar-refractivity contribution in [3.63, 3.8) is 0 Å². The number of benzene rings is 1. The monoisotopic (exact) mass is 274 g/mol. The largest absolute Gasteiger partial charge is 0.495 e. The molecule has 102 valence electrons. The van der Waals surface area contributed by atoms with Gasteiger partial charge in [0, 0.05) is 24.4 Å². The molecule has 0 saturated heterocycles. The van der Waals surface area contributed by atoms with Gasteiger partial charge < -0.3 is 15.6 Å². The molecule has 0 bridgehead atoms. The van der Waals surface area contributed by atoms with Gasteiger partial charge in [-0.05, 0) is 25.5 Å². The van der Waals surface area contributed by atoms with E-state index in [1.807, 2.05) is 0 Å². The summed E-state index contributed by atoms with van der Waals surface area (Å²) in [6.07, 6.45) is 0.344. The number of hydrogen-bond donors (Lipinski definition) is 3. The van der Waals surface area contributed by atoms with E-state index in [0.29, 0.717) is 12.1 Å². The summed E-state index contributed by atoms with van der Waals surface area (Å²) in [5, 5.41) is 8.77. The first-order valence-corrected chi connectivity index (χ1v) is 6.95. The van der Waals surface area contributed by atoms with E-state index < -0.39 is 10.0 Å². The van der Waals surface area contributed by atoms with Gasteiger partial charge in [0.1, 0.15) is 10.6 Å². The van der Waals surface area contributed by atoms with E-state index in [2.05, 4.69) is 4.72 Å². The average molecular weight is 274 g/mol. The van der Waals surface area contributed by atoms with Crippen LogP contribution in [0.1, 0.15) is 13.3 Å². The van der Waals surface area contributed by atoms with Gasteiger partial charge >= 0.3 is 0 Å².